The van der Waals surface area contributed by atoms with Crippen molar-refractivity contribution in [2.75, 3.05) is 13.2 Å². The lowest BCUT2D eigenvalue weighted by Gasteiger charge is -2.15. The van der Waals surface area contributed by atoms with Crippen LogP contribution in [0.25, 0.3) is 11.0 Å². The third-order valence-electron chi connectivity index (χ3n) is 5.09. The fourth-order valence-corrected chi connectivity index (χ4v) is 3.54. The lowest BCUT2D eigenvalue weighted by Crippen LogP contribution is -2.43. The van der Waals surface area contributed by atoms with Crippen molar-refractivity contribution in [1.29, 1.82) is 0 Å². The van der Waals surface area contributed by atoms with Crippen LogP contribution in [0.4, 0.5) is 4.39 Å². The summed E-state index contributed by atoms with van der Waals surface area (Å²) < 4.78 is 20.9. The van der Waals surface area contributed by atoms with Gasteiger partial charge in [0.1, 0.15) is 12.4 Å². The minimum atomic E-state index is -0.628. The van der Waals surface area contributed by atoms with E-state index >= 15 is 0 Å². The molecule has 1 fully saturated rings. The first-order valence-corrected chi connectivity index (χ1v) is 9.74. The third-order valence-corrected chi connectivity index (χ3v) is 5.09. The lowest BCUT2D eigenvalue weighted by atomic mass is 10.2. The molecule has 1 aromatic carbocycles. The fraction of sp³-hybridized carbons (Fsp3) is 0.333. The van der Waals surface area contributed by atoms with Crippen LogP contribution in [0.1, 0.15) is 18.4 Å². The van der Waals surface area contributed by atoms with Gasteiger partial charge in [0.25, 0.3) is 5.56 Å². The van der Waals surface area contributed by atoms with Crippen LogP contribution in [0.3, 0.4) is 0 Å². The van der Waals surface area contributed by atoms with Crippen molar-refractivity contribution in [3.8, 4) is 0 Å². The molecule has 0 saturated carbocycles. The van der Waals surface area contributed by atoms with Gasteiger partial charge in [-0.2, -0.15) is 0 Å². The van der Waals surface area contributed by atoms with Crippen LogP contribution in [0.5, 0.6) is 0 Å². The Morgan fingerprint density at radius 1 is 1.20 bits per heavy atom. The maximum Gasteiger partial charge on any atom is 0.332 e. The van der Waals surface area contributed by atoms with Gasteiger partial charge >= 0.3 is 5.69 Å². The van der Waals surface area contributed by atoms with Gasteiger partial charge in [-0.3, -0.25) is 18.7 Å². The van der Waals surface area contributed by atoms with Crippen molar-refractivity contribution >= 4 is 16.9 Å². The second-order valence-corrected chi connectivity index (χ2v) is 7.20. The maximum absolute atomic E-state index is 13.2. The first kappa shape index (κ1) is 20.0. The molecule has 156 valence electrons. The van der Waals surface area contributed by atoms with E-state index in [0.29, 0.717) is 18.7 Å². The predicted octanol–water partition coefficient (Wildman–Crippen LogP) is 1.04. The molecule has 0 spiro atoms. The minimum absolute atomic E-state index is 0.0171. The molecular weight excluding hydrogens is 391 g/mol. The highest BCUT2D eigenvalue weighted by atomic mass is 19.1. The van der Waals surface area contributed by atoms with Crippen LogP contribution in [-0.4, -0.2) is 39.3 Å². The summed E-state index contributed by atoms with van der Waals surface area (Å²) in [5.74, 6) is -0.767. The Bertz CT molecular complexity index is 1180. The van der Waals surface area contributed by atoms with Crippen molar-refractivity contribution in [2.24, 2.45) is 0 Å². The Hall–Kier alpha value is -3.33. The van der Waals surface area contributed by atoms with Gasteiger partial charge in [0.15, 0.2) is 5.52 Å². The Balaban J connectivity index is 1.67. The van der Waals surface area contributed by atoms with Crippen molar-refractivity contribution in [1.82, 2.24) is 19.4 Å². The smallest absolute Gasteiger partial charge is 0.332 e. The Morgan fingerprint density at radius 2 is 2.00 bits per heavy atom. The number of benzene rings is 1. The van der Waals surface area contributed by atoms with Gasteiger partial charge < -0.3 is 10.1 Å². The monoisotopic (exact) mass is 412 g/mol. The van der Waals surface area contributed by atoms with Crippen molar-refractivity contribution < 1.29 is 13.9 Å². The topological polar surface area (TPSA) is 95.2 Å². The number of fused-ring (bicyclic) bond motifs is 1. The van der Waals surface area contributed by atoms with E-state index in [1.165, 1.54) is 35.0 Å². The molecule has 1 atom stereocenters. The SMILES string of the molecule is O=C(Cn1c(=O)n(Cc2ccc(F)cc2)c(=O)c2ncccc21)NCC1CCCO1. The molecule has 9 heteroatoms. The van der Waals surface area contributed by atoms with Crippen LogP contribution >= 0.6 is 0 Å². The van der Waals surface area contributed by atoms with Crippen LogP contribution < -0.4 is 16.6 Å². The molecule has 1 unspecified atom stereocenters. The molecule has 3 aromatic rings. The largest absolute Gasteiger partial charge is 0.376 e. The lowest BCUT2D eigenvalue weighted by molar-refractivity contribution is -0.122. The first-order valence-electron chi connectivity index (χ1n) is 9.74. The Morgan fingerprint density at radius 3 is 2.73 bits per heavy atom. The van der Waals surface area contributed by atoms with E-state index in [2.05, 4.69) is 10.3 Å². The summed E-state index contributed by atoms with van der Waals surface area (Å²) in [5, 5.41) is 2.78. The summed E-state index contributed by atoms with van der Waals surface area (Å²) in [6.07, 6.45) is 3.29. The van der Waals surface area contributed by atoms with Crippen molar-refractivity contribution in [2.45, 2.75) is 32.0 Å². The number of carbonyl (C=O) groups is 1. The summed E-state index contributed by atoms with van der Waals surface area (Å²) in [6.45, 7) is 0.753. The van der Waals surface area contributed by atoms with Crippen molar-refractivity contribution in [3.63, 3.8) is 0 Å². The quantitative estimate of drug-likeness (QED) is 0.653. The zero-order valence-corrected chi connectivity index (χ0v) is 16.2. The van der Waals surface area contributed by atoms with Gasteiger partial charge in [0.2, 0.25) is 5.91 Å². The molecule has 8 nitrogen and oxygen atoms in total. The van der Waals surface area contributed by atoms with Gasteiger partial charge in [-0.25, -0.2) is 14.2 Å². The van der Waals surface area contributed by atoms with Crippen LogP contribution in [0.15, 0.2) is 52.2 Å². The number of halogens is 1. The van der Waals surface area contributed by atoms with Gasteiger partial charge in [-0.1, -0.05) is 12.1 Å². The Kier molecular flexibility index (Phi) is 5.71. The molecule has 3 heterocycles. The van der Waals surface area contributed by atoms with E-state index in [-0.39, 0.29) is 36.1 Å². The molecule has 1 aliphatic rings. The predicted molar refractivity (Wildman–Crippen MR) is 108 cm³/mol. The number of hydrogen-bond acceptors (Lipinski definition) is 5. The number of nitrogens with zero attached hydrogens (tertiary/aromatic N) is 3. The van der Waals surface area contributed by atoms with Gasteiger partial charge in [-0.15, -0.1) is 0 Å². The number of hydrogen-bond donors (Lipinski definition) is 1. The molecule has 1 amide bonds. The fourth-order valence-electron chi connectivity index (χ4n) is 3.54. The molecular formula is C21H21FN4O4. The van der Waals surface area contributed by atoms with E-state index in [9.17, 15) is 18.8 Å². The average molecular weight is 412 g/mol. The molecule has 0 aliphatic carbocycles. The highest BCUT2D eigenvalue weighted by Crippen LogP contribution is 2.11. The summed E-state index contributed by atoms with van der Waals surface area (Å²) in [4.78, 5) is 42.5. The number of rotatable bonds is 6. The van der Waals surface area contributed by atoms with Crippen LogP contribution in [-0.2, 0) is 22.6 Å². The van der Waals surface area contributed by atoms with E-state index in [4.69, 9.17) is 4.74 Å². The number of aromatic nitrogens is 3. The van der Waals surface area contributed by atoms with E-state index < -0.39 is 17.1 Å². The second kappa shape index (κ2) is 8.58. The highest BCUT2D eigenvalue weighted by molar-refractivity contribution is 5.79. The number of nitrogens with one attached hydrogen (secondary N) is 1. The maximum atomic E-state index is 13.2. The zero-order chi connectivity index (χ0) is 21.1. The van der Waals surface area contributed by atoms with Crippen LogP contribution in [0.2, 0.25) is 0 Å². The number of pyridine rings is 1. The summed E-state index contributed by atoms with van der Waals surface area (Å²) in [5.41, 5.74) is -0.227. The zero-order valence-electron chi connectivity index (χ0n) is 16.2. The summed E-state index contributed by atoms with van der Waals surface area (Å²) in [7, 11) is 0. The average Bonchev–Trinajstić information content (AvgIpc) is 3.28. The van der Waals surface area contributed by atoms with E-state index in [1.807, 2.05) is 0 Å². The van der Waals surface area contributed by atoms with Gasteiger partial charge in [0.05, 0.1) is 18.2 Å². The molecule has 1 aliphatic heterocycles. The normalized spacial score (nSPS) is 16.1. The molecule has 1 N–H and O–H groups in total. The molecule has 4 rings (SSSR count). The van der Waals surface area contributed by atoms with E-state index in [0.717, 1.165) is 17.4 Å². The standard InChI is InChI=1S/C21H21FN4O4/c22-15-7-5-14(6-8-15)12-26-20(28)19-17(4-1-9-23-19)25(21(26)29)13-18(27)24-11-16-3-2-10-30-16/h1,4-9,16H,2-3,10-13H2,(H,24,27). The molecule has 1 saturated heterocycles. The summed E-state index contributed by atoms with van der Waals surface area (Å²) in [6, 6.07) is 8.71. The number of carbonyl (C=O) groups excluding carboxylic acids is 1. The molecule has 2 aromatic heterocycles. The highest BCUT2D eigenvalue weighted by Gasteiger charge is 2.19. The van der Waals surface area contributed by atoms with Gasteiger partial charge in [-0.05, 0) is 42.7 Å². The molecule has 30 heavy (non-hydrogen) atoms. The van der Waals surface area contributed by atoms with E-state index in [1.54, 1.807) is 12.1 Å². The number of ether oxygens (including phenoxy) is 1. The molecule has 0 bridgehead atoms. The third kappa shape index (κ3) is 4.16. The molecule has 0 radical (unpaired) electrons. The Labute approximate surface area is 170 Å². The first-order chi connectivity index (χ1) is 14.5. The number of amides is 1. The van der Waals surface area contributed by atoms with Gasteiger partial charge in [0, 0.05) is 19.3 Å². The minimum Gasteiger partial charge on any atom is -0.376 e. The summed E-state index contributed by atoms with van der Waals surface area (Å²) >= 11 is 0. The van der Waals surface area contributed by atoms with Crippen molar-refractivity contribution in [3.05, 3.63) is 74.8 Å². The second-order valence-electron chi connectivity index (χ2n) is 7.20. The van der Waals surface area contributed by atoms with Crippen LogP contribution in [0, 0.1) is 5.82 Å².